The third-order valence-electron chi connectivity index (χ3n) is 6.00. The molecule has 168 valence electrons. The van der Waals surface area contributed by atoms with Gasteiger partial charge in [-0.25, -0.2) is 0 Å². The summed E-state index contributed by atoms with van der Waals surface area (Å²) in [5, 5.41) is 6.53. The maximum Gasteiger partial charge on any atom is 0.224 e. The molecular formula is C26H37N3O2. The van der Waals surface area contributed by atoms with Crippen LogP contribution in [0.15, 0.2) is 36.4 Å². The molecule has 0 aromatic heterocycles. The van der Waals surface area contributed by atoms with Crippen molar-refractivity contribution in [2.45, 2.75) is 52.9 Å². The van der Waals surface area contributed by atoms with Gasteiger partial charge < -0.3 is 20.3 Å². The van der Waals surface area contributed by atoms with Gasteiger partial charge in [0.25, 0.3) is 0 Å². The van der Waals surface area contributed by atoms with E-state index in [9.17, 15) is 4.79 Å². The average Bonchev–Trinajstić information content (AvgIpc) is 2.76. The van der Waals surface area contributed by atoms with Crippen molar-refractivity contribution in [2.75, 3.05) is 43.4 Å². The van der Waals surface area contributed by atoms with E-state index in [1.54, 1.807) is 0 Å². The number of carbonyl (C=O) groups is 1. The molecule has 0 bridgehead atoms. The third kappa shape index (κ3) is 7.00. The van der Waals surface area contributed by atoms with Gasteiger partial charge in [0, 0.05) is 37.0 Å². The van der Waals surface area contributed by atoms with Crippen LogP contribution in [0.5, 0.6) is 5.75 Å². The number of nitrogens with one attached hydrogen (secondary N) is 2. The van der Waals surface area contributed by atoms with Crippen LogP contribution in [-0.2, 0) is 11.2 Å². The number of carbonyl (C=O) groups excluding carboxylic acids is 1. The van der Waals surface area contributed by atoms with Crippen LogP contribution < -0.4 is 15.4 Å². The molecule has 0 saturated carbocycles. The summed E-state index contributed by atoms with van der Waals surface area (Å²) in [4.78, 5) is 14.1. The van der Waals surface area contributed by atoms with Gasteiger partial charge in [0.2, 0.25) is 5.91 Å². The fourth-order valence-electron chi connectivity index (χ4n) is 4.01. The Morgan fingerprint density at radius 1 is 1.06 bits per heavy atom. The predicted molar refractivity (Wildman–Crippen MR) is 129 cm³/mol. The van der Waals surface area contributed by atoms with Crippen LogP contribution in [0.1, 0.15) is 49.3 Å². The van der Waals surface area contributed by atoms with E-state index in [0.29, 0.717) is 13.0 Å². The summed E-state index contributed by atoms with van der Waals surface area (Å²) in [6.07, 6.45) is 4.69. The Morgan fingerprint density at radius 3 is 2.77 bits per heavy atom. The zero-order valence-corrected chi connectivity index (χ0v) is 19.3. The summed E-state index contributed by atoms with van der Waals surface area (Å²) in [6, 6.07) is 12.5. The van der Waals surface area contributed by atoms with E-state index >= 15 is 0 Å². The van der Waals surface area contributed by atoms with Crippen molar-refractivity contribution in [2.24, 2.45) is 0 Å². The number of nitrogens with zero attached hydrogens (tertiary/aromatic N) is 1. The largest absolute Gasteiger partial charge is 0.494 e. The highest BCUT2D eigenvalue weighted by Crippen LogP contribution is 2.27. The summed E-state index contributed by atoms with van der Waals surface area (Å²) in [6.45, 7) is 11.5. The minimum absolute atomic E-state index is 0.0905. The normalized spacial score (nSPS) is 13.1. The number of hydrogen-bond acceptors (Lipinski definition) is 4. The predicted octanol–water partition coefficient (Wildman–Crippen LogP) is 5.17. The molecule has 5 nitrogen and oxygen atoms in total. The molecule has 5 heteroatoms. The molecule has 2 N–H and O–H groups in total. The molecule has 2 aromatic rings. The first-order chi connectivity index (χ1) is 15.1. The van der Waals surface area contributed by atoms with Crippen LogP contribution in [0, 0.1) is 13.8 Å². The lowest BCUT2D eigenvalue weighted by atomic mass is 10.0. The summed E-state index contributed by atoms with van der Waals surface area (Å²) in [5.74, 6) is 0.928. The SMILES string of the molecule is CCCN(CCCCOc1ccc2c(c1)NC(=O)CC2)CCNc1cccc(C)c1C. The van der Waals surface area contributed by atoms with Gasteiger partial charge in [-0.05, 0) is 81.4 Å². The number of unbranched alkanes of at least 4 members (excludes halogenated alkanes) is 1. The molecule has 3 rings (SSSR count). The summed E-state index contributed by atoms with van der Waals surface area (Å²) in [5.41, 5.74) is 6.00. The zero-order valence-electron chi connectivity index (χ0n) is 19.3. The molecule has 0 atom stereocenters. The maximum atomic E-state index is 11.6. The standard InChI is InChI=1S/C26H37N3O2/c1-4-15-29(17-14-27-24-9-7-8-20(2)21(24)3)16-5-6-18-31-23-12-10-22-11-13-26(30)28-25(22)19-23/h7-10,12,19,27H,4-6,11,13-18H2,1-3H3,(H,28,30). The van der Waals surface area contributed by atoms with Crippen LogP contribution in [0.4, 0.5) is 11.4 Å². The molecular weight excluding hydrogens is 386 g/mol. The fourth-order valence-corrected chi connectivity index (χ4v) is 4.01. The monoisotopic (exact) mass is 423 g/mol. The Labute approximate surface area is 187 Å². The van der Waals surface area contributed by atoms with Gasteiger partial charge in [-0.3, -0.25) is 4.79 Å². The number of amides is 1. The maximum absolute atomic E-state index is 11.6. The first-order valence-electron chi connectivity index (χ1n) is 11.6. The van der Waals surface area contributed by atoms with Gasteiger partial charge >= 0.3 is 0 Å². The molecule has 0 radical (unpaired) electrons. The number of aryl methyl sites for hydroxylation is 2. The van der Waals surface area contributed by atoms with Gasteiger partial charge in [-0.15, -0.1) is 0 Å². The molecule has 1 aliphatic rings. The highest BCUT2D eigenvalue weighted by atomic mass is 16.5. The van der Waals surface area contributed by atoms with Crippen LogP contribution in [0.25, 0.3) is 0 Å². The number of fused-ring (bicyclic) bond motifs is 1. The smallest absolute Gasteiger partial charge is 0.224 e. The molecule has 0 unspecified atom stereocenters. The Hall–Kier alpha value is -2.53. The number of anilines is 2. The molecule has 0 fully saturated rings. The second-order valence-electron chi connectivity index (χ2n) is 8.44. The average molecular weight is 424 g/mol. The Morgan fingerprint density at radius 2 is 1.94 bits per heavy atom. The molecule has 0 spiro atoms. The van der Waals surface area contributed by atoms with Crippen molar-refractivity contribution < 1.29 is 9.53 Å². The second kappa shape index (κ2) is 11.8. The zero-order chi connectivity index (χ0) is 22.1. The minimum Gasteiger partial charge on any atom is -0.494 e. The molecule has 2 aromatic carbocycles. The van der Waals surface area contributed by atoms with E-state index in [4.69, 9.17) is 4.74 Å². The topological polar surface area (TPSA) is 53.6 Å². The van der Waals surface area contributed by atoms with Crippen LogP contribution in [0.3, 0.4) is 0 Å². The van der Waals surface area contributed by atoms with Crippen molar-refractivity contribution in [1.82, 2.24) is 4.90 Å². The lowest BCUT2D eigenvalue weighted by Gasteiger charge is -2.22. The van der Waals surface area contributed by atoms with Crippen molar-refractivity contribution >= 4 is 17.3 Å². The molecule has 1 heterocycles. The van der Waals surface area contributed by atoms with Crippen molar-refractivity contribution in [3.8, 4) is 5.75 Å². The Bertz CT molecular complexity index is 866. The lowest BCUT2D eigenvalue weighted by Crippen LogP contribution is -2.31. The van der Waals surface area contributed by atoms with Crippen LogP contribution >= 0.6 is 0 Å². The highest BCUT2D eigenvalue weighted by molar-refractivity contribution is 5.94. The van der Waals surface area contributed by atoms with Crippen LogP contribution in [-0.4, -0.2) is 43.6 Å². The molecule has 1 aliphatic heterocycles. The van der Waals surface area contributed by atoms with Gasteiger partial charge in [0.05, 0.1) is 6.61 Å². The fraction of sp³-hybridized carbons (Fsp3) is 0.500. The second-order valence-corrected chi connectivity index (χ2v) is 8.44. The van der Waals surface area contributed by atoms with E-state index in [1.807, 2.05) is 12.1 Å². The summed E-state index contributed by atoms with van der Waals surface area (Å²) < 4.78 is 5.93. The minimum atomic E-state index is 0.0905. The first kappa shape index (κ1) is 23.1. The van der Waals surface area contributed by atoms with E-state index in [-0.39, 0.29) is 5.91 Å². The van der Waals surface area contributed by atoms with E-state index in [0.717, 1.165) is 56.9 Å². The molecule has 31 heavy (non-hydrogen) atoms. The molecule has 0 saturated heterocycles. The molecule has 0 aliphatic carbocycles. The van der Waals surface area contributed by atoms with Gasteiger partial charge in [-0.2, -0.15) is 0 Å². The number of benzene rings is 2. The van der Waals surface area contributed by atoms with E-state index < -0.39 is 0 Å². The van der Waals surface area contributed by atoms with E-state index in [2.05, 4.69) is 60.6 Å². The third-order valence-corrected chi connectivity index (χ3v) is 6.00. The number of hydrogen-bond donors (Lipinski definition) is 2. The van der Waals surface area contributed by atoms with Gasteiger partial charge in [-0.1, -0.05) is 25.1 Å². The van der Waals surface area contributed by atoms with Crippen molar-refractivity contribution in [1.29, 1.82) is 0 Å². The first-order valence-corrected chi connectivity index (χ1v) is 11.6. The quantitative estimate of drug-likeness (QED) is 0.462. The van der Waals surface area contributed by atoms with Gasteiger partial charge in [0.1, 0.15) is 5.75 Å². The Balaban J connectivity index is 1.36. The molecule has 1 amide bonds. The number of rotatable bonds is 12. The summed E-state index contributed by atoms with van der Waals surface area (Å²) >= 11 is 0. The highest BCUT2D eigenvalue weighted by Gasteiger charge is 2.15. The summed E-state index contributed by atoms with van der Waals surface area (Å²) in [7, 11) is 0. The van der Waals surface area contributed by atoms with Crippen molar-refractivity contribution in [3.63, 3.8) is 0 Å². The number of ether oxygens (including phenoxy) is 1. The Kier molecular flexibility index (Phi) is 8.77. The van der Waals surface area contributed by atoms with E-state index in [1.165, 1.54) is 28.8 Å². The lowest BCUT2D eigenvalue weighted by molar-refractivity contribution is -0.116. The van der Waals surface area contributed by atoms with Gasteiger partial charge in [0.15, 0.2) is 0 Å². The van der Waals surface area contributed by atoms with Crippen molar-refractivity contribution in [3.05, 3.63) is 53.1 Å². The van der Waals surface area contributed by atoms with Crippen LogP contribution in [0.2, 0.25) is 0 Å².